The normalized spacial score (nSPS) is 13.2. The molecule has 2 aromatic heterocycles. The van der Waals surface area contributed by atoms with Crippen LogP contribution in [0, 0.1) is 0 Å². The Kier molecular flexibility index (Phi) is 3.06. The molecule has 3 aromatic rings. The van der Waals surface area contributed by atoms with Crippen molar-refractivity contribution in [3.05, 3.63) is 48.0 Å². The molecule has 0 aliphatic rings. The van der Waals surface area contributed by atoms with Crippen molar-refractivity contribution in [3.8, 4) is 0 Å². The molecule has 0 saturated carbocycles. The summed E-state index contributed by atoms with van der Waals surface area (Å²) in [6, 6.07) is 8.18. The zero-order valence-corrected chi connectivity index (χ0v) is 12.0. The van der Waals surface area contributed by atoms with E-state index in [4.69, 9.17) is 10.7 Å². The van der Waals surface area contributed by atoms with Gasteiger partial charge in [-0.05, 0) is 26.0 Å². The number of benzene rings is 1. The van der Waals surface area contributed by atoms with E-state index < -0.39 is 0 Å². The first-order chi connectivity index (χ1) is 9.58. The summed E-state index contributed by atoms with van der Waals surface area (Å²) in [5, 5.41) is 4.19. The molecule has 2 N–H and O–H groups in total. The number of nitrogens with zero attached hydrogens (tertiary/aromatic N) is 4. The third-order valence-corrected chi connectivity index (χ3v) is 3.50. The predicted molar refractivity (Wildman–Crippen MR) is 79.4 cm³/mol. The molecule has 5 nitrogen and oxygen atoms in total. The summed E-state index contributed by atoms with van der Waals surface area (Å²) in [6.45, 7) is 4.29. The fourth-order valence-corrected chi connectivity index (χ4v) is 2.58. The summed E-state index contributed by atoms with van der Waals surface area (Å²) < 4.78 is 3.96. The Morgan fingerprint density at radius 3 is 2.60 bits per heavy atom. The van der Waals surface area contributed by atoms with Crippen LogP contribution in [0.1, 0.15) is 37.3 Å². The quantitative estimate of drug-likeness (QED) is 0.794. The lowest BCUT2D eigenvalue weighted by atomic mass is 10.1. The average molecular weight is 269 g/mol. The lowest BCUT2D eigenvalue weighted by molar-refractivity contribution is 0.567. The second-order valence-electron chi connectivity index (χ2n) is 5.35. The number of para-hydroxylation sites is 2. The van der Waals surface area contributed by atoms with Gasteiger partial charge in [-0.1, -0.05) is 12.1 Å². The van der Waals surface area contributed by atoms with Gasteiger partial charge in [-0.3, -0.25) is 4.68 Å². The van der Waals surface area contributed by atoms with Crippen molar-refractivity contribution in [3.63, 3.8) is 0 Å². The van der Waals surface area contributed by atoms with Gasteiger partial charge in [-0.15, -0.1) is 0 Å². The summed E-state index contributed by atoms with van der Waals surface area (Å²) in [4.78, 5) is 4.72. The van der Waals surface area contributed by atoms with E-state index in [0.717, 1.165) is 22.4 Å². The standard InChI is InChI=1S/C15H19N5/c1-10(2)20-13-7-5-4-6-12(13)18-15(20)14(16)11-8-17-19(3)9-11/h4-10,14H,16H2,1-3H3. The highest BCUT2D eigenvalue weighted by Crippen LogP contribution is 2.26. The number of nitrogens with two attached hydrogens (primary N) is 1. The van der Waals surface area contributed by atoms with E-state index in [1.54, 1.807) is 10.9 Å². The van der Waals surface area contributed by atoms with Gasteiger partial charge in [0, 0.05) is 24.8 Å². The number of hydrogen-bond donors (Lipinski definition) is 1. The fraction of sp³-hybridized carbons (Fsp3) is 0.333. The number of hydrogen-bond acceptors (Lipinski definition) is 3. The van der Waals surface area contributed by atoms with Crippen LogP contribution in [0.4, 0.5) is 0 Å². The van der Waals surface area contributed by atoms with Crippen molar-refractivity contribution in [1.82, 2.24) is 19.3 Å². The zero-order chi connectivity index (χ0) is 14.3. The molecule has 0 fully saturated rings. The molecular formula is C15H19N5. The summed E-state index contributed by atoms with van der Waals surface area (Å²) in [7, 11) is 1.89. The molecular weight excluding hydrogens is 250 g/mol. The maximum absolute atomic E-state index is 6.40. The maximum Gasteiger partial charge on any atom is 0.131 e. The second kappa shape index (κ2) is 4.76. The molecule has 1 unspecified atom stereocenters. The van der Waals surface area contributed by atoms with Gasteiger partial charge in [0.25, 0.3) is 0 Å². The Hall–Kier alpha value is -2.14. The molecule has 20 heavy (non-hydrogen) atoms. The topological polar surface area (TPSA) is 61.7 Å². The first-order valence-corrected chi connectivity index (χ1v) is 6.79. The predicted octanol–water partition coefficient (Wildman–Crippen LogP) is 2.40. The Morgan fingerprint density at radius 1 is 1.20 bits per heavy atom. The van der Waals surface area contributed by atoms with Crippen LogP contribution in [0.2, 0.25) is 0 Å². The highest BCUT2D eigenvalue weighted by Gasteiger charge is 2.20. The Bertz CT molecular complexity index is 738. The minimum Gasteiger partial charge on any atom is -0.324 e. The lowest BCUT2D eigenvalue weighted by Crippen LogP contribution is -2.18. The molecule has 0 saturated heterocycles. The molecule has 0 radical (unpaired) electrons. The minimum atomic E-state index is -0.265. The minimum absolute atomic E-state index is 0.265. The average Bonchev–Trinajstić information content (AvgIpc) is 3.01. The Labute approximate surface area is 118 Å². The van der Waals surface area contributed by atoms with Gasteiger partial charge in [-0.2, -0.15) is 5.10 Å². The molecule has 0 bridgehead atoms. The molecule has 5 heteroatoms. The van der Waals surface area contributed by atoms with E-state index in [1.165, 1.54) is 0 Å². The molecule has 104 valence electrons. The van der Waals surface area contributed by atoms with Gasteiger partial charge < -0.3 is 10.3 Å². The van der Waals surface area contributed by atoms with Crippen molar-refractivity contribution in [2.24, 2.45) is 12.8 Å². The largest absolute Gasteiger partial charge is 0.324 e. The maximum atomic E-state index is 6.40. The third kappa shape index (κ3) is 2.00. The van der Waals surface area contributed by atoms with Crippen LogP contribution in [0.3, 0.4) is 0 Å². The van der Waals surface area contributed by atoms with Crippen LogP contribution in [0.15, 0.2) is 36.7 Å². The molecule has 0 amide bonds. The van der Waals surface area contributed by atoms with Crippen molar-refractivity contribution >= 4 is 11.0 Å². The van der Waals surface area contributed by atoms with Crippen LogP contribution >= 0.6 is 0 Å². The molecule has 0 aliphatic heterocycles. The molecule has 3 rings (SSSR count). The van der Waals surface area contributed by atoms with Crippen molar-refractivity contribution in [1.29, 1.82) is 0 Å². The van der Waals surface area contributed by atoms with E-state index in [9.17, 15) is 0 Å². The van der Waals surface area contributed by atoms with Gasteiger partial charge in [0.1, 0.15) is 5.82 Å². The van der Waals surface area contributed by atoms with Gasteiger partial charge in [0.2, 0.25) is 0 Å². The number of rotatable bonds is 3. The van der Waals surface area contributed by atoms with E-state index in [-0.39, 0.29) is 6.04 Å². The Balaban J connectivity index is 2.17. The smallest absolute Gasteiger partial charge is 0.131 e. The van der Waals surface area contributed by atoms with Crippen LogP contribution < -0.4 is 5.73 Å². The van der Waals surface area contributed by atoms with Crippen LogP contribution in [0.5, 0.6) is 0 Å². The fourth-order valence-electron chi connectivity index (χ4n) is 2.58. The zero-order valence-electron chi connectivity index (χ0n) is 12.0. The van der Waals surface area contributed by atoms with Crippen molar-refractivity contribution < 1.29 is 0 Å². The first-order valence-electron chi connectivity index (χ1n) is 6.79. The Morgan fingerprint density at radius 2 is 1.95 bits per heavy atom. The third-order valence-electron chi connectivity index (χ3n) is 3.50. The van der Waals surface area contributed by atoms with Crippen LogP contribution in [-0.4, -0.2) is 19.3 Å². The van der Waals surface area contributed by atoms with Gasteiger partial charge in [0.05, 0.1) is 23.3 Å². The molecule has 1 atom stereocenters. The van der Waals surface area contributed by atoms with E-state index in [0.29, 0.717) is 6.04 Å². The van der Waals surface area contributed by atoms with Crippen LogP contribution in [-0.2, 0) is 7.05 Å². The first kappa shape index (κ1) is 12.9. The van der Waals surface area contributed by atoms with E-state index >= 15 is 0 Å². The molecule has 2 heterocycles. The second-order valence-corrected chi connectivity index (χ2v) is 5.35. The van der Waals surface area contributed by atoms with E-state index in [2.05, 4.69) is 29.6 Å². The number of imidazole rings is 1. The van der Waals surface area contributed by atoms with Crippen molar-refractivity contribution in [2.75, 3.05) is 0 Å². The molecule has 0 aliphatic carbocycles. The van der Waals surface area contributed by atoms with Gasteiger partial charge >= 0.3 is 0 Å². The highest BCUT2D eigenvalue weighted by atomic mass is 15.2. The molecule has 1 aromatic carbocycles. The van der Waals surface area contributed by atoms with Crippen molar-refractivity contribution in [2.45, 2.75) is 25.9 Å². The number of aromatic nitrogens is 4. The molecule has 0 spiro atoms. The number of fused-ring (bicyclic) bond motifs is 1. The van der Waals surface area contributed by atoms with E-state index in [1.807, 2.05) is 31.4 Å². The summed E-state index contributed by atoms with van der Waals surface area (Å²) in [5.74, 6) is 0.884. The summed E-state index contributed by atoms with van der Waals surface area (Å²) in [5.41, 5.74) is 9.48. The SMILES string of the molecule is CC(C)n1c(C(N)c2cnn(C)c2)nc2ccccc21. The number of aryl methyl sites for hydroxylation is 1. The van der Waals surface area contributed by atoms with Crippen LogP contribution in [0.25, 0.3) is 11.0 Å². The highest BCUT2D eigenvalue weighted by molar-refractivity contribution is 5.76. The van der Waals surface area contributed by atoms with Gasteiger partial charge in [-0.25, -0.2) is 4.98 Å². The van der Waals surface area contributed by atoms with Gasteiger partial charge in [0.15, 0.2) is 0 Å². The summed E-state index contributed by atoms with van der Waals surface area (Å²) in [6.07, 6.45) is 3.74. The lowest BCUT2D eigenvalue weighted by Gasteiger charge is -2.16. The monoisotopic (exact) mass is 269 g/mol. The summed E-state index contributed by atoms with van der Waals surface area (Å²) >= 11 is 0.